The Morgan fingerprint density at radius 2 is 2.12 bits per heavy atom. The van der Waals surface area contributed by atoms with E-state index in [0.717, 1.165) is 6.07 Å². The maximum absolute atomic E-state index is 13.9. The third kappa shape index (κ3) is 2.86. The summed E-state index contributed by atoms with van der Waals surface area (Å²) in [5.74, 6) is -0.719. The third-order valence-corrected chi connectivity index (χ3v) is 4.93. The van der Waals surface area contributed by atoms with Crippen molar-refractivity contribution in [2.75, 3.05) is 7.11 Å². The number of pyridine rings is 2. The molecule has 0 atom stereocenters. The molecule has 24 heavy (non-hydrogen) atoms. The second kappa shape index (κ2) is 5.96. The lowest BCUT2D eigenvalue weighted by Gasteiger charge is -2.07. The lowest BCUT2D eigenvalue weighted by Crippen LogP contribution is -2.13. The second-order valence-electron chi connectivity index (χ2n) is 4.72. The highest BCUT2D eigenvalue weighted by molar-refractivity contribution is 9.10. The van der Waals surface area contributed by atoms with Crippen LogP contribution >= 0.6 is 27.5 Å². The highest BCUT2D eigenvalue weighted by Crippen LogP contribution is 2.36. The number of nitrogens with zero attached hydrogens (tertiary/aromatic N) is 3. The molecule has 0 fully saturated rings. The van der Waals surface area contributed by atoms with Gasteiger partial charge < -0.3 is 4.74 Å². The Kier molecular flexibility index (Phi) is 4.24. The van der Waals surface area contributed by atoms with E-state index in [4.69, 9.17) is 21.5 Å². The number of fused-ring (bicyclic) bond motifs is 1. The first-order chi connectivity index (χ1) is 11.2. The number of ether oxygens (including phenoxy) is 1. The van der Waals surface area contributed by atoms with Crippen molar-refractivity contribution in [3.05, 3.63) is 39.8 Å². The van der Waals surface area contributed by atoms with Crippen molar-refractivity contribution in [3.8, 4) is 17.1 Å². The first-order valence-corrected chi connectivity index (χ1v) is 9.05. The summed E-state index contributed by atoms with van der Waals surface area (Å²) in [5, 5.41) is 9.82. The Balaban J connectivity index is 2.45. The average molecular weight is 436 g/mol. The zero-order chi connectivity index (χ0) is 17.6. The number of sulfonamides is 1. The van der Waals surface area contributed by atoms with Gasteiger partial charge in [-0.15, -0.1) is 0 Å². The third-order valence-electron chi connectivity index (χ3n) is 3.18. The summed E-state index contributed by atoms with van der Waals surface area (Å²) in [6.07, 6.45) is 1.41. The van der Waals surface area contributed by atoms with E-state index in [0.29, 0.717) is 5.02 Å². The number of methoxy groups -OCH3 is 1. The van der Waals surface area contributed by atoms with Gasteiger partial charge in [0.1, 0.15) is 15.2 Å². The molecule has 126 valence electrons. The minimum atomic E-state index is -4.17. The van der Waals surface area contributed by atoms with Crippen LogP contribution in [0.1, 0.15) is 0 Å². The molecule has 0 unspecified atom stereocenters. The molecule has 7 nitrogen and oxygen atoms in total. The summed E-state index contributed by atoms with van der Waals surface area (Å²) in [6, 6.07) is 4.01. The van der Waals surface area contributed by atoms with Crippen LogP contribution < -0.4 is 9.88 Å². The van der Waals surface area contributed by atoms with Crippen molar-refractivity contribution < 1.29 is 17.5 Å². The predicted octanol–water partition coefficient (Wildman–Crippen LogP) is 2.61. The van der Waals surface area contributed by atoms with Crippen molar-refractivity contribution in [3.63, 3.8) is 0 Å². The van der Waals surface area contributed by atoms with Crippen LogP contribution in [0.25, 0.3) is 16.8 Å². The molecule has 0 aromatic carbocycles. The first kappa shape index (κ1) is 17.1. The molecule has 11 heteroatoms. The molecule has 0 saturated carbocycles. The van der Waals surface area contributed by atoms with Gasteiger partial charge in [-0.3, -0.25) is 0 Å². The molecule has 0 amide bonds. The minimum Gasteiger partial charge on any atom is -0.480 e. The molecule has 0 spiro atoms. The quantitative estimate of drug-likeness (QED) is 0.638. The predicted molar refractivity (Wildman–Crippen MR) is 89.0 cm³/mol. The van der Waals surface area contributed by atoms with Crippen molar-refractivity contribution >= 4 is 43.1 Å². The van der Waals surface area contributed by atoms with E-state index in [1.54, 1.807) is 0 Å². The number of hydrogen-bond donors (Lipinski definition) is 1. The fourth-order valence-electron chi connectivity index (χ4n) is 2.23. The van der Waals surface area contributed by atoms with Crippen molar-refractivity contribution in [2.45, 2.75) is 4.90 Å². The van der Waals surface area contributed by atoms with E-state index < -0.39 is 15.8 Å². The van der Waals surface area contributed by atoms with Crippen LogP contribution in [0, 0.1) is 5.82 Å². The summed E-state index contributed by atoms with van der Waals surface area (Å²) < 4.78 is 44.3. The van der Waals surface area contributed by atoms with Gasteiger partial charge in [0.25, 0.3) is 0 Å². The molecule has 3 rings (SSSR count). The van der Waals surface area contributed by atoms with Gasteiger partial charge in [-0.05, 0) is 34.1 Å². The molecule has 0 saturated heterocycles. The maximum atomic E-state index is 13.9. The van der Waals surface area contributed by atoms with Gasteiger partial charge in [-0.25, -0.2) is 27.4 Å². The number of nitrogens with two attached hydrogens (primary N) is 1. The number of hydrogen-bond acceptors (Lipinski definition) is 5. The molecule has 0 aliphatic carbocycles. The SMILES string of the molecule is COc1nc(Br)c(F)cc1-c1nn2cc(Cl)ccc2c1S(N)(=O)=O. The van der Waals surface area contributed by atoms with Crippen LogP contribution in [0.4, 0.5) is 4.39 Å². The van der Waals surface area contributed by atoms with Gasteiger partial charge in [0.15, 0.2) is 5.82 Å². The van der Waals surface area contributed by atoms with Crippen LogP contribution in [0.5, 0.6) is 5.88 Å². The molecule has 0 radical (unpaired) electrons. The Labute approximate surface area is 149 Å². The monoisotopic (exact) mass is 434 g/mol. The minimum absolute atomic E-state index is 0.0114. The Morgan fingerprint density at radius 1 is 1.42 bits per heavy atom. The number of rotatable bonds is 3. The van der Waals surface area contributed by atoms with Crippen LogP contribution in [0.3, 0.4) is 0 Å². The van der Waals surface area contributed by atoms with Crippen molar-refractivity contribution in [2.24, 2.45) is 5.14 Å². The molecule has 3 heterocycles. The molecule has 0 bridgehead atoms. The molecular formula is C13H9BrClFN4O3S. The van der Waals surface area contributed by atoms with E-state index in [-0.39, 0.29) is 32.2 Å². The van der Waals surface area contributed by atoms with Gasteiger partial charge in [0, 0.05) is 6.20 Å². The smallest absolute Gasteiger partial charge is 0.242 e. The summed E-state index contributed by atoms with van der Waals surface area (Å²) in [5.41, 5.74) is 0.153. The zero-order valence-electron chi connectivity index (χ0n) is 12.0. The number of halogens is 3. The summed E-state index contributed by atoms with van der Waals surface area (Å²) >= 11 is 8.84. The van der Waals surface area contributed by atoms with Gasteiger partial charge in [-0.1, -0.05) is 11.6 Å². The van der Waals surface area contributed by atoms with E-state index in [1.165, 1.54) is 30.0 Å². The molecule has 3 aromatic heterocycles. The van der Waals surface area contributed by atoms with E-state index in [2.05, 4.69) is 26.0 Å². The van der Waals surface area contributed by atoms with E-state index >= 15 is 0 Å². The Bertz CT molecular complexity index is 1070. The topological polar surface area (TPSA) is 99.6 Å². The summed E-state index contributed by atoms with van der Waals surface area (Å²) in [6.45, 7) is 0. The van der Waals surface area contributed by atoms with Crippen LogP contribution in [-0.4, -0.2) is 30.1 Å². The standard InChI is InChI=1S/C13H9BrClFN4O3S/c1-23-13-7(4-8(16)12(14)18-13)10-11(24(17,21)22)9-3-2-6(15)5-20(9)19-10/h2-5H,1H3,(H2,17,21,22). The highest BCUT2D eigenvalue weighted by Gasteiger charge is 2.27. The fraction of sp³-hybridized carbons (Fsp3) is 0.0769. The van der Waals surface area contributed by atoms with Crippen LogP contribution in [0.2, 0.25) is 5.02 Å². The van der Waals surface area contributed by atoms with Crippen LogP contribution in [0.15, 0.2) is 33.9 Å². The summed E-state index contributed by atoms with van der Waals surface area (Å²) in [4.78, 5) is 3.61. The number of aromatic nitrogens is 3. The van der Waals surface area contributed by atoms with Crippen molar-refractivity contribution in [1.29, 1.82) is 0 Å². The van der Waals surface area contributed by atoms with Gasteiger partial charge >= 0.3 is 0 Å². The molecule has 0 aliphatic rings. The van der Waals surface area contributed by atoms with E-state index in [1.807, 2.05) is 0 Å². The number of primary sulfonamides is 1. The lowest BCUT2D eigenvalue weighted by molar-refractivity contribution is 0.396. The van der Waals surface area contributed by atoms with Gasteiger partial charge in [0.05, 0.1) is 23.2 Å². The van der Waals surface area contributed by atoms with Gasteiger partial charge in [-0.2, -0.15) is 5.10 Å². The lowest BCUT2D eigenvalue weighted by atomic mass is 10.2. The average Bonchev–Trinajstić information content (AvgIpc) is 2.87. The molecule has 3 aromatic rings. The Hall–Kier alpha value is -1.75. The summed E-state index contributed by atoms with van der Waals surface area (Å²) in [7, 11) is -2.85. The molecule has 0 aliphatic heterocycles. The fourth-order valence-corrected chi connectivity index (χ4v) is 3.54. The zero-order valence-corrected chi connectivity index (χ0v) is 15.2. The second-order valence-corrected chi connectivity index (χ2v) is 7.40. The first-order valence-electron chi connectivity index (χ1n) is 6.33. The van der Waals surface area contributed by atoms with Gasteiger partial charge in [0.2, 0.25) is 15.9 Å². The maximum Gasteiger partial charge on any atom is 0.242 e. The molecule has 2 N–H and O–H groups in total. The van der Waals surface area contributed by atoms with Crippen LogP contribution in [-0.2, 0) is 10.0 Å². The molecular weight excluding hydrogens is 427 g/mol. The normalized spacial score (nSPS) is 11.9. The van der Waals surface area contributed by atoms with Crippen molar-refractivity contribution in [1.82, 2.24) is 14.6 Å². The van der Waals surface area contributed by atoms with E-state index in [9.17, 15) is 12.8 Å². The highest BCUT2D eigenvalue weighted by atomic mass is 79.9. The largest absolute Gasteiger partial charge is 0.480 e. The Morgan fingerprint density at radius 3 is 2.75 bits per heavy atom.